The Kier molecular flexibility index (Phi) is 3.49. The maximum Gasteiger partial charge on any atom is 0.119 e. The van der Waals surface area contributed by atoms with Gasteiger partial charge in [-0.25, -0.2) is 0 Å². The molecule has 1 aliphatic heterocycles. The van der Waals surface area contributed by atoms with Crippen LogP contribution >= 0.6 is 0 Å². The molecule has 0 spiro atoms. The molecule has 0 saturated heterocycles. The predicted molar refractivity (Wildman–Crippen MR) is 97.2 cm³/mol. The summed E-state index contributed by atoms with van der Waals surface area (Å²) >= 11 is 0. The van der Waals surface area contributed by atoms with E-state index in [4.69, 9.17) is 4.74 Å². The lowest BCUT2D eigenvalue weighted by Gasteiger charge is -2.44. The van der Waals surface area contributed by atoms with Gasteiger partial charge in [0.2, 0.25) is 0 Å². The summed E-state index contributed by atoms with van der Waals surface area (Å²) in [6.45, 7) is 0. The zero-order valence-corrected chi connectivity index (χ0v) is 14.8. The van der Waals surface area contributed by atoms with Gasteiger partial charge in [-0.05, 0) is 66.2 Å². The minimum absolute atomic E-state index is 0.110. The van der Waals surface area contributed by atoms with Crippen molar-refractivity contribution in [2.75, 3.05) is 12.4 Å². The van der Waals surface area contributed by atoms with Crippen LogP contribution in [0.15, 0.2) is 42.5 Å². The molecule has 3 aliphatic rings. The number of para-hydroxylation sites is 1. The molecule has 2 aromatic rings. The zero-order valence-electron chi connectivity index (χ0n) is 14.8. The summed E-state index contributed by atoms with van der Waals surface area (Å²) in [5.74, 6) is 2.03. The fourth-order valence-corrected chi connectivity index (χ4v) is 5.85. The second-order valence-electron chi connectivity index (χ2n) is 7.89. The molecular weight excluding hydrogens is 326 g/mol. The third-order valence-electron chi connectivity index (χ3n) is 6.79. The molecule has 2 aliphatic carbocycles. The number of hydrogen-bond donors (Lipinski definition) is 1. The van der Waals surface area contributed by atoms with Crippen molar-refractivity contribution in [2.45, 2.75) is 31.2 Å². The number of carbonyl (C=O) groups is 1. The second kappa shape index (κ2) is 5.76. The quantitative estimate of drug-likeness (QED) is 0.924. The molecule has 5 rings (SSSR count). The monoisotopic (exact) mass is 348 g/mol. The van der Waals surface area contributed by atoms with Gasteiger partial charge in [-0.15, -0.1) is 0 Å². The third-order valence-corrected chi connectivity index (χ3v) is 6.79. The summed E-state index contributed by atoms with van der Waals surface area (Å²) in [5, 5.41) is 15.3. The van der Waals surface area contributed by atoms with Gasteiger partial charge in [0.25, 0.3) is 0 Å². The molecule has 1 heterocycles. The fraction of sp³-hybridized carbons (Fsp3) is 0.409. The zero-order chi connectivity index (χ0) is 17.8. The molecule has 1 N–H and O–H groups in total. The van der Waals surface area contributed by atoms with E-state index in [0.717, 1.165) is 11.4 Å². The molecule has 26 heavy (non-hydrogen) atoms. The Morgan fingerprint density at radius 3 is 2.77 bits per heavy atom. The topological polar surface area (TPSA) is 61.4 Å². The van der Waals surface area contributed by atoms with E-state index in [1.165, 1.54) is 30.4 Å². The van der Waals surface area contributed by atoms with Crippen LogP contribution in [-0.2, 0) is 0 Å². The number of fused-ring (bicyclic) bond motifs is 7. The van der Waals surface area contributed by atoms with E-state index < -0.39 is 5.97 Å². The largest absolute Gasteiger partial charge is 0.545 e. The molecular formula is C22H22NO3-. The lowest BCUT2D eigenvalue weighted by atomic mass is 9.67. The molecule has 134 valence electrons. The number of carbonyl (C=O) groups excluding carboxylic acids is 1. The summed E-state index contributed by atoms with van der Waals surface area (Å²) in [6.07, 6.45) is 3.79. The number of ether oxygens (including phenoxy) is 1. The van der Waals surface area contributed by atoms with E-state index in [1.807, 2.05) is 18.2 Å². The normalized spacial score (nSPS) is 31.0. The molecule has 0 amide bonds. The minimum atomic E-state index is -1.11. The van der Waals surface area contributed by atoms with Crippen molar-refractivity contribution in [1.29, 1.82) is 0 Å². The van der Waals surface area contributed by atoms with Gasteiger partial charge in [0.05, 0.1) is 19.1 Å². The Hall–Kier alpha value is -2.49. The Morgan fingerprint density at radius 1 is 1.15 bits per heavy atom. The highest BCUT2D eigenvalue weighted by Crippen LogP contribution is 2.64. The van der Waals surface area contributed by atoms with Crippen LogP contribution in [0.3, 0.4) is 0 Å². The van der Waals surface area contributed by atoms with E-state index in [2.05, 4.69) is 23.5 Å². The van der Waals surface area contributed by atoms with E-state index in [9.17, 15) is 9.90 Å². The molecule has 2 aromatic carbocycles. The second-order valence-corrected chi connectivity index (χ2v) is 7.89. The average molecular weight is 348 g/mol. The third kappa shape index (κ3) is 2.17. The van der Waals surface area contributed by atoms with Gasteiger partial charge in [-0.1, -0.05) is 30.3 Å². The maximum absolute atomic E-state index is 11.7. The van der Waals surface area contributed by atoms with Crippen molar-refractivity contribution in [1.82, 2.24) is 0 Å². The van der Waals surface area contributed by atoms with Gasteiger partial charge in [0, 0.05) is 11.3 Å². The van der Waals surface area contributed by atoms with Crippen LogP contribution < -0.4 is 15.2 Å². The average Bonchev–Trinajstić information content (AvgIpc) is 3.29. The van der Waals surface area contributed by atoms with E-state index >= 15 is 0 Å². The lowest BCUT2D eigenvalue weighted by molar-refractivity contribution is -0.254. The minimum Gasteiger partial charge on any atom is -0.545 e. The Bertz CT molecular complexity index is 877. The number of rotatable bonds is 3. The summed E-state index contributed by atoms with van der Waals surface area (Å²) in [7, 11) is 1.68. The van der Waals surface area contributed by atoms with Crippen molar-refractivity contribution in [2.24, 2.45) is 17.8 Å². The number of carboxylic acid groups (broad SMARTS) is 1. The molecule has 0 unspecified atom stereocenters. The fourth-order valence-electron chi connectivity index (χ4n) is 5.85. The van der Waals surface area contributed by atoms with Gasteiger partial charge < -0.3 is 20.0 Å². The molecule has 0 radical (unpaired) electrons. The maximum atomic E-state index is 11.7. The highest BCUT2D eigenvalue weighted by molar-refractivity contribution is 5.94. The molecule has 2 fully saturated rings. The summed E-state index contributed by atoms with van der Waals surface area (Å²) < 4.78 is 5.42. The first-order valence-electron chi connectivity index (χ1n) is 9.42. The Balaban J connectivity index is 1.66. The highest BCUT2D eigenvalue weighted by atomic mass is 16.5. The van der Waals surface area contributed by atoms with E-state index in [1.54, 1.807) is 13.2 Å². The van der Waals surface area contributed by atoms with Crippen molar-refractivity contribution >= 4 is 11.7 Å². The van der Waals surface area contributed by atoms with E-state index in [0.29, 0.717) is 23.7 Å². The van der Waals surface area contributed by atoms with Crippen molar-refractivity contribution in [3.8, 4) is 5.75 Å². The standard InChI is InChI=1S/C22H23NO3/c1-26-15-5-2-4-14(11-15)20-19-13-9-8-12(10-13)18(19)16-6-3-7-17(22(24)25)21(16)23-20/h2-7,11-13,18-20,23H,8-10H2,1H3,(H,24,25)/p-1/t12-,13+,18+,19-,20+/m0/s1. The predicted octanol–water partition coefficient (Wildman–Crippen LogP) is 3.36. The van der Waals surface area contributed by atoms with Crippen LogP contribution in [0.4, 0.5) is 5.69 Å². The van der Waals surface area contributed by atoms with Crippen LogP contribution in [0, 0.1) is 17.8 Å². The van der Waals surface area contributed by atoms with Crippen molar-refractivity contribution < 1.29 is 14.6 Å². The number of benzene rings is 2. The SMILES string of the molecule is COc1cccc([C@H]2Nc3c(C(=O)[O-])cccc3[C@H]3[C@H]4CC[C@H](C4)[C@@H]32)c1. The van der Waals surface area contributed by atoms with Crippen LogP contribution in [0.2, 0.25) is 0 Å². The van der Waals surface area contributed by atoms with Crippen LogP contribution in [0.25, 0.3) is 0 Å². The number of anilines is 1. The number of nitrogens with one attached hydrogen (secondary N) is 1. The number of carboxylic acids is 1. The Morgan fingerprint density at radius 2 is 1.96 bits per heavy atom. The van der Waals surface area contributed by atoms with Crippen LogP contribution in [-0.4, -0.2) is 13.1 Å². The first-order valence-corrected chi connectivity index (χ1v) is 9.42. The number of hydrogen-bond acceptors (Lipinski definition) is 4. The van der Waals surface area contributed by atoms with Gasteiger partial charge >= 0.3 is 0 Å². The van der Waals surface area contributed by atoms with Crippen LogP contribution in [0.1, 0.15) is 52.7 Å². The molecule has 4 nitrogen and oxygen atoms in total. The summed E-state index contributed by atoms with van der Waals surface area (Å²) in [5.41, 5.74) is 3.37. The molecule has 5 atom stereocenters. The van der Waals surface area contributed by atoms with Gasteiger partial charge in [-0.3, -0.25) is 0 Å². The van der Waals surface area contributed by atoms with Gasteiger partial charge in [-0.2, -0.15) is 0 Å². The van der Waals surface area contributed by atoms with Crippen molar-refractivity contribution in [3.05, 3.63) is 59.2 Å². The first-order chi connectivity index (χ1) is 12.7. The molecule has 2 saturated carbocycles. The first kappa shape index (κ1) is 15.7. The lowest BCUT2D eigenvalue weighted by Crippen LogP contribution is -2.37. The Labute approximate surface area is 153 Å². The number of methoxy groups -OCH3 is 1. The summed E-state index contributed by atoms with van der Waals surface area (Å²) in [6, 6.07) is 13.9. The molecule has 0 aromatic heterocycles. The highest BCUT2D eigenvalue weighted by Gasteiger charge is 2.54. The van der Waals surface area contributed by atoms with Gasteiger partial charge in [0.15, 0.2) is 0 Å². The smallest absolute Gasteiger partial charge is 0.119 e. The molecule has 2 bridgehead atoms. The van der Waals surface area contributed by atoms with E-state index in [-0.39, 0.29) is 11.6 Å². The van der Waals surface area contributed by atoms with Crippen LogP contribution in [0.5, 0.6) is 5.75 Å². The number of aromatic carboxylic acids is 1. The van der Waals surface area contributed by atoms with Gasteiger partial charge in [0.1, 0.15) is 5.75 Å². The van der Waals surface area contributed by atoms with Crippen molar-refractivity contribution in [3.63, 3.8) is 0 Å². The molecule has 4 heteroatoms. The summed E-state index contributed by atoms with van der Waals surface area (Å²) in [4.78, 5) is 11.7.